The van der Waals surface area contributed by atoms with Gasteiger partial charge in [-0.3, -0.25) is 9.59 Å². The third-order valence-electron chi connectivity index (χ3n) is 13.3. The van der Waals surface area contributed by atoms with Crippen molar-refractivity contribution in [1.82, 2.24) is 40.4 Å². The fraction of sp³-hybridized carbons (Fsp3) is 0.429. The molecule has 0 bridgehead atoms. The highest BCUT2D eigenvalue weighted by Crippen LogP contribution is 2.44. The number of alkyl carbamates (subject to hydrolysis) is 2. The number of ether oxygens (including phenoxy) is 4. The van der Waals surface area contributed by atoms with Gasteiger partial charge in [-0.15, -0.1) is 0 Å². The van der Waals surface area contributed by atoms with Gasteiger partial charge in [0.2, 0.25) is 5.91 Å². The molecule has 5 aliphatic rings. The SMILES string of the molecule is COC(=O)N[C@H](C(=O)N1CCC[C@H]1c1ncc(C2=CC3=C(C=C(c4ccc(-c5cnc([C@@H]6CC7(CN6C(=O)[C@H](NC(=O)OC)c6ccccc6)OCCO7)[nH]5)cc4)CC3)CC2)[nH]1)C(C)C. The normalized spacial score (nSPS) is 21.2. The fourth-order valence-electron chi connectivity index (χ4n) is 9.87. The van der Waals surface area contributed by atoms with Crippen LogP contribution in [0.25, 0.3) is 22.4 Å². The van der Waals surface area contributed by atoms with E-state index in [1.165, 1.54) is 42.1 Å². The predicted molar refractivity (Wildman–Crippen MR) is 240 cm³/mol. The first-order valence-electron chi connectivity index (χ1n) is 22.5. The number of nitrogens with zero attached hydrogens (tertiary/aromatic N) is 4. The van der Waals surface area contributed by atoms with Crippen molar-refractivity contribution in [1.29, 1.82) is 0 Å². The van der Waals surface area contributed by atoms with Gasteiger partial charge in [-0.25, -0.2) is 19.6 Å². The van der Waals surface area contributed by atoms with Crippen molar-refractivity contribution in [3.05, 3.63) is 119 Å². The highest BCUT2D eigenvalue weighted by Gasteiger charge is 2.52. The van der Waals surface area contributed by atoms with Crippen LogP contribution in [0, 0.1) is 5.92 Å². The number of imidazole rings is 2. The molecule has 9 rings (SSSR count). The number of H-pyrrole nitrogens is 2. The van der Waals surface area contributed by atoms with Crippen molar-refractivity contribution in [3.63, 3.8) is 0 Å². The summed E-state index contributed by atoms with van der Waals surface area (Å²) in [5, 5.41) is 5.44. The molecule has 0 radical (unpaired) electrons. The minimum Gasteiger partial charge on any atom is -0.453 e. The maximum atomic E-state index is 14.4. The number of aromatic nitrogens is 4. The first kappa shape index (κ1) is 43.7. The Morgan fingerprint density at radius 1 is 0.738 bits per heavy atom. The number of hydrogen-bond acceptors (Lipinski definition) is 10. The van der Waals surface area contributed by atoms with Crippen LogP contribution >= 0.6 is 0 Å². The Kier molecular flexibility index (Phi) is 12.5. The zero-order valence-electron chi connectivity index (χ0n) is 37.2. The Hall–Kier alpha value is -6.52. The summed E-state index contributed by atoms with van der Waals surface area (Å²) in [7, 11) is 2.57. The molecule has 2 aromatic heterocycles. The van der Waals surface area contributed by atoms with Gasteiger partial charge in [-0.05, 0) is 83.4 Å². The van der Waals surface area contributed by atoms with Crippen LogP contribution in [0.3, 0.4) is 0 Å². The highest BCUT2D eigenvalue weighted by molar-refractivity contribution is 5.88. The standard InChI is InChI=1S/C49H56N8O8/c1-29(2)41(54-47(60)62-3)45(58)56-20-8-11-39(56)43-50-27-38(53-43)36-19-18-34-23-33(16-17-35(34)24-36)30-12-14-31(15-13-30)37-26-51-44(52-37)40-25-49(64-21-22-65-49)28-57(40)46(59)42(55-48(61)63-4)32-9-6-5-7-10-32/h5-7,9-10,12-15,23-24,26-27,29,39-42H,8,11,16-22,25,28H2,1-4H3,(H,50,53)(H,51,52)(H,54,60)(H,55,61)/t39-,40-,41-,42+/m0/s1. The Morgan fingerprint density at radius 2 is 1.35 bits per heavy atom. The zero-order valence-corrected chi connectivity index (χ0v) is 37.2. The van der Waals surface area contributed by atoms with E-state index in [1.807, 2.05) is 43.1 Å². The summed E-state index contributed by atoms with van der Waals surface area (Å²) in [6.07, 6.45) is 12.7. The van der Waals surface area contributed by atoms with Gasteiger partial charge in [0.25, 0.3) is 5.91 Å². The summed E-state index contributed by atoms with van der Waals surface area (Å²) in [4.78, 5) is 72.6. The number of nitrogens with one attached hydrogen (secondary N) is 4. The number of benzene rings is 2. The van der Waals surface area contributed by atoms with E-state index in [0.29, 0.717) is 37.6 Å². The molecule has 16 nitrogen and oxygen atoms in total. The summed E-state index contributed by atoms with van der Waals surface area (Å²) >= 11 is 0. The molecular weight excluding hydrogens is 829 g/mol. The molecule has 2 aromatic carbocycles. The number of aromatic amines is 2. The minimum absolute atomic E-state index is 0.0995. The second-order valence-electron chi connectivity index (χ2n) is 17.7. The Morgan fingerprint density at radius 3 is 2.05 bits per heavy atom. The Labute approximate surface area is 377 Å². The molecule has 3 aliphatic heterocycles. The first-order chi connectivity index (χ1) is 31.5. The summed E-state index contributed by atoms with van der Waals surface area (Å²) in [6, 6.07) is 15.2. The average molecular weight is 885 g/mol. The van der Waals surface area contributed by atoms with Gasteiger partial charge >= 0.3 is 12.2 Å². The van der Waals surface area contributed by atoms with E-state index < -0.39 is 36.1 Å². The van der Waals surface area contributed by atoms with Crippen molar-refractivity contribution in [3.8, 4) is 11.3 Å². The van der Waals surface area contributed by atoms with Crippen LogP contribution in [0.15, 0.2) is 90.3 Å². The molecule has 3 fully saturated rings. The highest BCUT2D eigenvalue weighted by atomic mass is 16.7. The molecule has 4 aromatic rings. The monoisotopic (exact) mass is 884 g/mol. The lowest BCUT2D eigenvalue weighted by Crippen LogP contribution is -2.51. The van der Waals surface area contributed by atoms with Gasteiger partial charge in [0.15, 0.2) is 5.79 Å². The molecule has 0 saturated carbocycles. The fourth-order valence-corrected chi connectivity index (χ4v) is 9.87. The molecule has 1 spiro atoms. The number of allylic oxidation sites excluding steroid dienone is 6. The van der Waals surface area contributed by atoms with Crippen molar-refractivity contribution in [2.45, 2.75) is 88.7 Å². The third kappa shape index (κ3) is 8.97. The maximum Gasteiger partial charge on any atom is 0.407 e. The van der Waals surface area contributed by atoms with E-state index in [-0.39, 0.29) is 30.3 Å². The average Bonchev–Trinajstić information content (AvgIpc) is 4.21. The Bertz CT molecular complexity index is 2520. The predicted octanol–water partition coefficient (Wildman–Crippen LogP) is 7.31. The minimum atomic E-state index is -0.988. The van der Waals surface area contributed by atoms with E-state index >= 15 is 0 Å². The van der Waals surface area contributed by atoms with Crippen LogP contribution in [-0.2, 0) is 28.5 Å². The quantitative estimate of drug-likeness (QED) is 0.119. The summed E-state index contributed by atoms with van der Waals surface area (Å²) in [6.45, 7) is 5.48. The van der Waals surface area contributed by atoms with Crippen LogP contribution in [0.1, 0.15) is 105 Å². The number of methoxy groups -OCH3 is 2. The van der Waals surface area contributed by atoms with Crippen molar-refractivity contribution < 1.29 is 38.1 Å². The van der Waals surface area contributed by atoms with Crippen molar-refractivity contribution in [2.24, 2.45) is 5.92 Å². The van der Waals surface area contributed by atoms with E-state index in [2.05, 4.69) is 57.0 Å². The summed E-state index contributed by atoms with van der Waals surface area (Å²) in [5.74, 6) is -0.136. The van der Waals surface area contributed by atoms with Gasteiger partial charge in [0.05, 0.1) is 69.8 Å². The van der Waals surface area contributed by atoms with Gasteiger partial charge < -0.3 is 49.3 Å². The summed E-state index contributed by atoms with van der Waals surface area (Å²) in [5.41, 5.74) is 9.74. The number of carbonyl (C=O) groups is 4. The Balaban J connectivity index is 0.884. The molecule has 5 heterocycles. The molecule has 4 amide bonds. The topological polar surface area (TPSA) is 193 Å². The molecular formula is C49H56N8O8. The number of rotatable bonds is 11. The van der Waals surface area contributed by atoms with Crippen molar-refractivity contribution in [2.75, 3.05) is 40.5 Å². The van der Waals surface area contributed by atoms with Crippen molar-refractivity contribution >= 4 is 35.1 Å². The van der Waals surface area contributed by atoms with Crippen LogP contribution in [0.2, 0.25) is 0 Å². The number of hydrogen-bond donors (Lipinski definition) is 4. The second kappa shape index (κ2) is 18.5. The molecule has 3 saturated heterocycles. The van der Waals surface area contributed by atoms with Gasteiger partial charge in [0, 0.05) is 13.0 Å². The first-order valence-corrected chi connectivity index (χ1v) is 22.5. The number of likely N-dealkylation sites (tertiary alicyclic amines) is 2. The van der Waals surface area contributed by atoms with Crippen LogP contribution in [-0.4, -0.2) is 106 Å². The number of carbonyl (C=O) groups excluding carboxylic acids is 4. The maximum absolute atomic E-state index is 14.4. The largest absolute Gasteiger partial charge is 0.453 e. The van der Waals surface area contributed by atoms with E-state index in [9.17, 15) is 19.2 Å². The molecule has 4 N–H and O–H groups in total. The lowest BCUT2D eigenvalue weighted by atomic mass is 9.82. The smallest absolute Gasteiger partial charge is 0.407 e. The zero-order chi connectivity index (χ0) is 45.2. The van der Waals surface area contributed by atoms with E-state index in [0.717, 1.165) is 61.3 Å². The molecule has 340 valence electrons. The molecule has 65 heavy (non-hydrogen) atoms. The lowest BCUT2D eigenvalue weighted by Gasteiger charge is -2.30. The van der Waals surface area contributed by atoms with Gasteiger partial charge in [0.1, 0.15) is 23.7 Å². The van der Waals surface area contributed by atoms with E-state index in [1.54, 1.807) is 23.2 Å². The lowest BCUT2D eigenvalue weighted by molar-refractivity contribution is -0.153. The molecule has 16 heteroatoms. The van der Waals surface area contributed by atoms with Crippen LogP contribution in [0.4, 0.5) is 9.59 Å². The van der Waals surface area contributed by atoms with E-state index in [4.69, 9.17) is 28.9 Å². The molecule has 0 unspecified atom stereocenters. The molecule has 2 aliphatic carbocycles. The van der Waals surface area contributed by atoms with Gasteiger partial charge in [-0.1, -0.05) is 80.6 Å². The third-order valence-corrected chi connectivity index (χ3v) is 13.3. The summed E-state index contributed by atoms with van der Waals surface area (Å²) < 4.78 is 21.8. The van der Waals surface area contributed by atoms with Crippen LogP contribution in [0.5, 0.6) is 0 Å². The van der Waals surface area contributed by atoms with Gasteiger partial charge in [-0.2, -0.15) is 0 Å². The second-order valence-corrected chi connectivity index (χ2v) is 17.7. The molecule has 4 atom stereocenters. The van der Waals surface area contributed by atoms with Crippen LogP contribution < -0.4 is 10.6 Å². The number of amides is 4.